The molecule has 1 saturated heterocycles. The number of anilines is 3. The van der Waals surface area contributed by atoms with Gasteiger partial charge in [-0.1, -0.05) is 30.3 Å². The van der Waals surface area contributed by atoms with E-state index in [4.69, 9.17) is 16.5 Å². The lowest BCUT2D eigenvalue weighted by atomic mass is 10.0. The van der Waals surface area contributed by atoms with Gasteiger partial charge in [0.1, 0.15) is 23.3 Å². The minimum Gasteiger partial charge on any atom is -0.382 e. The summed E-state index contributed by atoms with van der Waals surface area (Å²) in [7, 11) is 0. The van der Waals surface area contributed by atoms with Crippen molar-refractivity contribution >= 4 is 28.5 Å². The van der Waals surface area contributed by atoms with E-state index in [2.05, 4.69) is 21.1 Å². The van der Waals surface area contributed by atoms with Gasteiger partial charge in [0.15, 0.2) is 5.82 Å². The number of aromatic nitrogens is 6. The minimum atomic E-state index is -2.82. The molecule has 13 heteroatoms. The summed E-state index contributed by atoms with van der Waals surface area (Å²) in [5, 5.41) is 13.9. The molecule has 0 bridgehead atoms. The lowest BCUT2D eigenvalue weighted by Gasteiger charge is -2.31. The lowest BCUT2D eigenvalue weighted by molar-refractivity contribution is 0.0566. The molecule has 0 amide bonds. The Morgan fingerprint density at radius 2 is 1.83 bits per heavy atom. The van der Waals surface area contributed by atoms with Crippen LogP contribution in [-0.2, 0) is 0 Å². The fourth-order valence-corrected chi connectivity index (χ4v) is 5.49. The Labute approximate surface area is 232 Å². The average molecular weight is 555 g/mol. The second-order valence-corrected chi connectivity index (χ2v) is 9.76. The Hall–Kier alpha value is -5.38. The summed E-state index contributed by atoms with van der Waals surface area (Å²) >= 11 is 0. The summed E-state index contributed by atoms with van der Waals surface area (Å²) < 4.78 is 28.6. The van der Waals surface area contributed by atoms with E-state index in [0.29, 0.717) is 39.3 Å². The molecular formula is C28H24F2N10O. The number of nitriles is 1. The van der Waals surface area contributed by atoms with Crippen molar-refractivity contribution in [2.24, 2.45) is 0 Å². The Morgan fingerprint density at radius 3 is 2.54 bits per heavy atom. The molecule has 0 unspecified atom stereocenters. The quantitative estimate of drug-likeness (QED) is 0.325. The number of fused-ring (bicyclic) bond motifs is 1. The van der Waals surface area contributed by atoms with Crippen LogP contribution in [0.5, 0.6) is 0 Å². The lowest BCUT2D eigenvalue weighted by Crippen LogP contribution is -2.36. The predicted molar refractivity (Wildman–Crippen MR) is 149 cm³/mol. The standard InChI is InChI=1S/C28H24F2N10O/c1-15-10-11-21(39(15)24-19(12-31)23(32)36-28(33)37-24)25-35-20-9-5-8-18(16-13-34-38(14-16)27(29)30)22(20)26(41)40(25)17-6-3-2-4-7-17/h2-9,13-15,21,27H,10-11H2,1H3,(H4,32,33,36,37)/t15-,21-/m0/s1. The Kier molecular flexibility index (Phi) is 6.30. The number of rotatable bonds is 5. The van der Waals surface area contributed by atoms with Crippen LogP contribution in [0.3, 0.4) is 0 Å². The molecule has 206 valence electrons. The van der Waals surface area contributed by atoms with Crippen molar-refractivity contribution in [3.63, 3.8) is 0 Å². The van der Waals surface area contributed by atoms with Crippen molar-refractivity contribution in [3.05, 3.63) is 82.7 Å². The van der Waals surface area contributed by atoms with Crippen LogP contribution >= 0.6 is 0 Å². The first-order chi connectivity index (χ1) is 19.8. The molecule has 0 radical (unpaired) electrons. The van der Waals surface area contributed by atoms with Gasteiger partial charge in [0.25, 0.3) is 5.56 Å². The van der Waals surface area contributed by atoms with Gasteiger partial charge in [-0.2, -0.15) is 29.1 Å². The first-order valence-corrected chi connectivity index (χ1v) is 12.8. The molecule has 6 rings (SSSR count). The molecule has 5 aromatic rings. The smallest absolute Gasteiger partial charge is 0.333 e. The molecule has 1 aliphatic rings. The Bertz CT molecular complexity index is 1880. The van der Waals surface area contributed by atoms with Crippen molar-refractivity contribution in [3.8, 4) is 22.9 Å². The molecule has 1 aliphatic heterocycles. The monoisotopic (exact) mass is 554 g/mol. The average Bonchev–Trinajstić information content (AvgIpc) is 3.60. The first kappa shape index (κ1) is 25.9. The number of nitrogens with two attached hydrogens (primary N) is 2. The summed E-state index contributed by atoms with van der Waals surface area (Å²) in [4.78, 5) is 29.6. The van der Waals surface area contributed by atoms with Crippen LogP contribution in [-0.4, -0.2) is 35.3 Å². The highest BCUT2D eigenvalue weighted by molar-refractivity contribution is 5.94. The third-order valence-corrected chi connectivity index (χ3v) is 7.31. The normalized spacial score (nSPS) is 16.9. The summed E-state index contributed by atoms with van der Waals surface area (Å²) in [6, 6.07) is 15.7. The maximum absolute atomic E-state index is 14.4. The molecule has 4 N–H and O–H groups in total. The van der Waals surface area contributed by atoms with Gasteiger partial charge < -0.3 is 16.4 Å². The van der Waals surface area contributed by atoms with Crippen LogP contribution in [0.2, 0.25) is 0 Å². The van der Waals surface area contributed by atoms with E-state index in [1.807, 2.05) is 30.0 Å². The van der Waals surface area contributed by atoms with Gasteiger partial charge in [-0.25, -0.2) is 9.67 Å². The third kappa shape index (κ3) is 4.29. The van der Waals surface area contributed by atoms with Gasteiger partial charge in [-0.05, 0) is 43.5 Å². The summed E-state index contributed by atoms with van der Waals surface area (Å²) in [5.74, 6) is 0.594. The molecule has 3 aromatic heterocycles. The van der Waals surface area contributed by atoms with Crippen LogP contribution in [0.1, 0.15) is 43.7 Å². The van der Waals surface area contributed by atoms with E-state index in [-0.39, 0.29) is 40.1 Å². The van der Waals surface area contributed by atoms with E-state index < -0.39 is 12.6 Å². The van der Waals surface area contributed by atoms with Gasteiger partial charge in [0.05, 0.1) is 28.8 Å². The third-order valence-electron chi connectivity index (χ3n) is 7.31. The molecule has 2 aromatic carbocycles. The van der Waals surface area contributed by atoms with E-state index in [1.165, 1.54) is 17.0 Å². The highest BCUT2D eigenvalue weighted by Gasteiger charge is 2.38. The van der Waals surface area contributed by atoms with Gasteiger partial charge in [0, 0.05) is 17.8 Å². The van der Waals surface area contributed by atoms with E-state index >= 15 is 0 Å². The fourth-order valence-electron chi connectivity index (χ4n) is 5.49. The Morgan fingerprint density at radius 1 is 1.05 bits per heavy atom. The molecule has 41 heavy (non-hydrogen) atoms. The van der Waals surface area contributed by atoms with Crippen molar-refractivity contribution in [1.29, 1.82) is 5.26 Å². The summed E-state index contributed by atoms with van der Waals surface area (Å²) in [6.45, 7) is -0.830. The number of hydrogen-bond donors (Lipinski definition) is 2. The number of halogens is 2. The summed E-state index contributed by atoms with van der Waals surface area (Å²) in [5.41, 5.74) is 13.4. The SMILES string of the molecule is C[C@H]1CC[C@@H](c2nc3cccc(-c4cnn(C(F)F)c4)c3c(=O)n2-c2ccccc2)N1c1nc(N)nc(N)c1C#N. The number of nitrogen functional groups attached to an aromatic ring is 2. The summed E-state index contributed by atoms with van der Waals surface area (Å²) in [6.07, 6.45) is 3.82. The zero-order chi connectivity index (χ0) is 28.8. The molecule has 2 atom stereocenters. The molecular weight excluding hydrogens is 530 g/mol. The predicted octanol–water partition coefficient (Wildman–Crippen LogP) is 4.20. The van der Waals surface area contributed by atoms with Crippen LogP contribution in [0, 0.1) is 11.3 Å². The molecule has 1 fully saturated rings. The molecule has 4 heterocycles. The van der Waals surface area contributed by atoms with Gasteiger partial charge in [0.2, 0.25) is 5.95 Å². The zero-order valence-electron chi connectivity index (χ0n) is 21.8. The van der Waals surface area contributed by atoms with Crippen LogP contribution in [0.4, 0.5) is 26.4 Å². The van der Waals surface area contributed by atoms with Gasteiger partial charge in [-0.3, -0.25) is 9.36 Å². The number of nitrogens with zero attached hydrogens (tertiary/aromatic N) is 8. The van der Waals surface area contributed by atoms with Crippen LogP contribution in [0.15, 0.2) is 65.7 Å². The van der Waals surface area contributed by atoms with Crippen molar-refractivity contribution in [1.82, 2.24) is 29.3 Å². The number of para-hydroxylation sites is 1. The van der Waals surface area contributed by atoms with Crippen LogP contribution < -0.4 is 21.9 Å². The zero-order valence-corrected chi connectivity index (χ0v) is 21.8. The van der Waals surface area contributed by atoms with Gasteiger partial charge in [-0.15, -0.1) is 0 Å². The number of alkyl halides is 2. The highest BCUT2D eigenvalue weighted by atomic mass is 19.3. The van der Waals surface area contributed by atoms with Crippen molar-refractivity contribution in [2.45, 2.75) is 38.4 Å². The highest BCUT2D eigenvalue weighted by Crippen LogP contribution is 2.41. The van der Waals surface area contributed by atoms with Crippen LogP contribution in [0.25, 0.3) is 27.7 Å². The second-order valence-electron chi connectivity index (χ2n) is 9.76. The number of benzene rings is 2. The fraction of sp³-hybridized carbons (Fsp3) is 0.214. The van der Waals surface area contributed by atoms with E-state index in [9.17, 15) is 18.8 Å². The maximum Gasteiger partial charge on any atom is 0.333 e. The first-order valence-electron chi connectivity index (χ1n) is 12.8. The van der Waals surface area contributed by atoms with Gasteiger partial charge >= 0.3 is 6.55 Å². The molecule has 0 saturated carbocycles. The largest absolute Gasteiger partial charge is 0.382 e. The van der Waals surface area contributed by atoms with E-state index in [0.717, 1.165) is 6.42 Å². The number of hydrogen-bond acceptors (Lipinski definition) is 9. The second kappa shape index (κ2) is 9.98. The molecule has 0 spiro atoms. The topological polar surface area (TPSA) is 158 Å². The van der Waals surface area contributed by atoms with Crippen molar-refractivity contribution in [2.75, 3.05) is 16.4 Å². The Balaban J connectivity index is 1.63. The molecule has 11 nitrogen and oxygen atoms in total. The minimum absolute atomic E-state index is 0.0336. The van der Waals surface area contributed by atoms with E-state index in [1.54, 1.807) is 30.3 Å². The van der Waals surface area contributed by atoms with Crippen molar-refractivity contribution < 1.29 is 8.78 Å². The maximum atomic E-state index is 14.4. The molecule has 0 aliphatic carbocycles.